The average Bonchev–Trinajstić information content (AvgIpc) is 3.04. The van der Waals surface area contributed by atoms with Crippen molar-refractivity contribution in [2.45, 2.75) is 12.8 Å². The van der Waals surface area contributed by atoms with Gasteiger partial charge in [0.05, 0.1) is 17.3 Å². The van der Waals surface area contributed by atoms with Crippen molar-refractivity contribution < 1.29 is 9.18 Å². The number of carbonyl (C=O) groups is 1. The highest BCUT2D eigenvalue weighted by Gasteiger charge is 2.29. The summed E-state index contributed by atoms with van der Waals surface area (Å²) in [5.74, 6) is -0.665. The van der Waals surface area contributed by atoms with Crippen LogP contribution >= 0.6 is 0 Å². The first-order valence-corrected chi connectivity index (χ1v) is 4.71. The van der Waals surface area contributed by atoms with E-state index < -0.39 is 5.82 Å². The second-order valence-electron chi connectivity index (χ2n) is 3.57. The molecule has 0 aromatic heterocycles. The van der Waals surface area contributed by atoms with Crippen LogP contribution in [0, 0.1) is 23.1 Å². The number of rotatable bonds is 2. The summed E-state index contributed by atoms with van der Waals surface area (Å²) in [6.45, 7) is 0. The molecule has 0 bridgehead atoms. The fraction of sp³-hybridized carbons (Fsp3) is 0.273. The van der Waals surface area contributed by atoms with Crippen LogP contribution in [0.2, 0.25) is 0 Å². The van der Waals surface area contributed by atoms with Gasteiger partial charge in [-0.1, -0.05) is 0 Å². The molecule has 0 atom stereocenters. The number of halogens is 1. The quantitative estimate of drug-likeness (QED) is 0.801. The van der Waals surface area contributed by atoms with Crippen LogP contribution in [0.4, 0.5) is 10.1 Å². The molecule has 1 fully saturated rings. The maximum absolute atomic E-state index is 13.3. The third-order valence-electron chi connectivity index (χ3n) is 2.30. The molecule has 1 saturated carbocycles. The van der Waals surface area contributed by atoms with Gasteiger partial charge in [-0.15, -0.1) is 0 Å². The van der Waals surface area contributed by atoms with E-state index >= 15 is 0 Å². The zero-order chi connectivity index (χ0) is 10.8. The van der Waals surface area contributed by atoms with Crippen molar-refractivity contribution in [1.82, 2.24) is 0 Å². The van der Waals surface area contributed by atoms with Crippen LogP contribution in [0.25, 0.3) is 0 Å². The molecule has 0 aliphatic heterocycles. The zero-order valence-electron chi connectivity index (χ0n) is 7.96. The second kappa shape index (κ2) is 3.70. The topological polar surface area (TPSA) is 52.9 Å². The molecule has 1 aromatic carbocycles. The van der Waals surface area contributed by atoms with Gasteiger partial charge in [0.1, 0.15) is 5.82 Å². The molecule has 4 heteroatoms. The van der Waals surface area contributed by atoms with Gasteiger partial charge >= 0.3 is 0 Å². The lowest BCUT2D eigenvalue weighted by molar-refractivity contribution is -0.117. The molecule has 1 aliphatic rings. The number of nitrogens with one attached hydrogen (secondary N) is 1. The molecule has 0 heterocycles. The molecule has 1 amide bonds. The predicted octanol–water partition coefficient (Wildman–Crippen LogP) is 2.05. The molecule has 1 aliphatic carbocycles. The van der Waals surface area contributed by atoms with Gasteiger partial charge in [0.25, 0.3) is 0 Å². The molecule has 0 spiro atoms. The lowest BCUT2D eigenvalue weighted by Gasteiger charge is -2.05. The van der Waals surface area contributed by atoms with E-state index in [9.17, 15) is 9.18 Å². The first-order chi connectivity index (χ1) is 7.20. The molecule has 76 valence electrons. The van der Waals surface area contributed by atoms with Crippen molar-refractivity contribution in [1.29, 1.82) is 5.26 Å². The van der Waals surface area contributed by atoms with E-state index in [1.807, 2.05) is 6.07 Å². The van der Waals surface area contributed by atoms with Crippen LogP contribution in [-0.2, 0) is 4.79 Å². The minimum absolute atomic E-state index is 0.0417. The Labute approximate surface area is 86.5 Å². The van der Waals surface area contributed by atoms with Gasteiger partial charge in [-0.3, -0.25) is 4.79 Å². The lowest BCUT2D eigenvalue weighted by atomic mass is 10.2. The fourth-order valence-corrected chi connectivity index (χ4v) is 1.27. The number of carbonyl (C=O) groups excluding carboxylic acids is 1. The van der Waals surface area contributed by atoms with E-state index in [2.05, 4.69) is 5.32 Å². The van der Waals surface area contributed by atoms with Crippen LogP contribution in [0.5, 0.6) is 0 Å². The number of nitriles is 1. The van der Waals surface area contributed by atoms with E-state index in [0.717, 1.165) is 18.9 Å². The molecular formula is C11H9FN2O. The van der Waals surface area contributed by atoms with E-state index in [1.54, 1.807) is 0 Å². The minimum Gasteiger partial charge on any atom is -0.323 e. The Morgan fingerprint density at radius 3 is 2.80 bits per heavy atom. The van der Waals surface area contributed by atoms with E-state index in [0.29, 0.717) is 0 Å². The molecule has 2 rings (SSSR count). The highest BCUT2D eigenvalue weighted by atomic mass is 19.1. The fourth-order valence-electron chi connectivity index (χ4n) is 1.27. The second-order valence-corrected chi connectivity index (χ2v) is 3.57. The third-order valence-corrected chi connectivity index (χ3v) is 2.30. The van der Waals surface area contributed by atoms with Crippen LogP contribution in [0.1, 0.15) is 18.4 Å². The molecule has 1 N–H and O–H groups in total. The molecule has 1 aromatic rings. The number of hydrogen-bond donors (Lipinski definition) is 1. The SMILES string of the molecule is N#Cc1ccc(NC(=O)C2CC2)c(F)c1. The number of anilines is 1. The van der Waals surface area contributed by atoms with Crippen molar-refractivity contribution in [2.75, 3.05) is 5.32 Å². The van der Waals surface area contributed by atoms with E-state index in [4.69, 9.17) is 5.26 Å². The standard InChI is InChI=1S/C11H9FN2O/c12-9-5-7(6-13)1-4-10(9)14-11(15)8-2-3-8/h1,4-5,8H,2-3H2,(H,14,15). The van der Waals surface area contributed by atoms with Crippen LogP contribution in [0.3, 0.4) is 0 Å². The summed E-state index contributed by atoms with van der Waals surface area (Å²) in [5.41, 5.74) is 0.392. The van der Waals surface area contributed by atoms with Gasteiger partial charge in [0.2, 0.25) is 5.91 Å². The summed E-state index contributed by atoms with van der Waals surface area (Å²) in [6.07, 6.45) is 1.76. The molecule has 0 radical (unpaired) electrons. The number of benzene rings is 1. The maximum atomic E-state index is 13.3. The maximum Gasteiger partial charge on any atom is 0.227 e. The van der Waals surface area contributed by atoms with Crippen molar-refractivity contribution >= 4 is 11.6 Å². The van der Waals surface area contributed by atoms with Gasteiger partial charge in [0.15, 0.2) is 0 Å². The van der Waals surface area contributed by atoms with Crippen LogP contribution in [-0.4, -0.2) is 5.91 Å². The van der Waals surface area contributed by atoms with Crippen LogP contribution < -0.4 is 5.32 Å². The number of nitrogens with zero attached hydrogens (tertiary/aromatic N) is 1. The predicted molar refractivity (Wildman–Crippen MR) is 52.5 cm³/mol. The Bertz CT molecular complexity index is 446. The van der Waals surface area contributed by atoms with Gasteiger partial charge in [-0.25, -0.2) is 4.39 Å². The van der Waals surface area contributed by atoms with Crippen LogP contribution in [0.15, 0.2) is 18.2 Å². The first-order valence-electron chi connectivity index (χ1n) is 4.71. The Morgan fingerprint density at radius 2 is 2.27 bits per heavy atom. The van der Waals surface area contributed by atoms with Gasteiger partial charge in [0, 0.05) is 5.92 Å². The normalized spacial score (nSPS) is 14.4. The average molecular weight is 204 g/mol. The Balaban J connectivity index is 2.14. The number of hydrogen-bond acceptors (Lipinski definition) is 2. The van der Waals surface area contributed by atoms with Gasteiger partial charge in [-0.05, 0) is 31.0 Å². The minimum atomic E-state index is -0.567. The Morgan fingerprint density at radius 1 is 1.53 bits per heavy atom. The summed E-state index contributed by atoms with van der Waals surface area (Å²) in [4.78, 5) is 11.3. The largest absolute Gasteiger partial charge is 0.323 e. The van der Waals surface area contributed by atoms with E-state index in [-0.39, 0.29) is 23.1 Å². The van der Waals surface area contributed by atoms with Crippen molar-refractivity contribution in [2.24, 2.45) is 5.92 Å². The summed E-state index contributed by atoms with van der Waals surface area (Å²) >= 11 is 0. The zero-order valence-corrected chi connectivity index (χ0v) is 7.96. The van der Waals surface area contributed by atoms with Gasteiger partial charge < -0.3 is 5.32 Å². The molecule has 0 saturated heterocycles. The van der Waals surface area contributed by atoms with Gasteiger partial charge in [-0.2, -0.15) is 5.26 Å². The van der Waals surface area contributed by atoms with Crippen molar-refractivity contribution in [3.8, 4) is 6.07 Å². The highest BCUT2D eigenvalue weighted by molar-refractivity contribution is 5.94. The molecule has 15 heavy (non-hydrogen) atoms. The smallest absolute Gasteiger partial charge is 0.227 e. The molecule has 3 nitrogen and oxygen atoms in total. The Kier molecular flexibility index (Phi) is 2.38. The summed E-state index contributed by atoms with van der Waals surface area (Å²) < 4.78 is 13.3. The first kappa shape index (κ1) is 9.66. The monoisotopic (exact) mass is 204 g/mol. The number of amides is 1. The molecule has 0 unspecified atom stereocenters. The summed E-state index contributed by atoms with van der Waals surface area (Å²) in [7, 11) is 0. The van der Waals surface area contributed by atoms with Crippen molar-refractivity contribution in [3.05, 3.63) is 29.6 Å². The summed E-state index contributed by atoms with van der Waals surface area (Å²) in [6, 6.07) is 5.83. The Hall–Kier alpha value is -1.89. The highest BCUT2D eigenvalue weighted by Crippen LogP contribution is 2.30. The van der Waals surface area contributed by atoms with E-state index in [1.165, 1.54) is 12.1 Å². The lowest BCUT2D eigenvalue weighted by Crippen LogP contribution is -2.14. The van der Waals surface area contributed by atoms with Crippen molar-refractivity contribution in [3.63, 3.8) is 0 Å². The third kappa shape index (κ3) is 2.13. The molecular weight excluding hydrogens is 195 g/mol. The summed E-state index contributed by atoms with van der Waals surface area (Å²) in [5, 5.41) is 11.0.